The van der Waals surface area contributed by atoms with Crippen LogP contribution in [0.3, 0.4) is 0 Å². The lowest BCUT2D eigenvalue weighted by Gasteiger charge is -2.16. The van der Waals surface area contributed by atoms with Crippen LogP contribution in [0.2, 0.25) is 25.7 Å². The number of nitrogens with zero attached hydrogens (tertiary/aromatic N) is 5. The number of nitrogens with one attached hydrogen (secondary N) is 1. The van der Waals surface area contributed by atoms with Gasteiger partial charge in [-0.15, -0.1) is 10.2 Å². The van der Waals surface area contributed by atoms with Crippen molar-refractivity contribution in [3.05, 3.63) is 21.8 Å². The number of ether oxygens (including phenoxy) is 1. The van der Waals surface area contributed by atoms with E-state index in [0.29, 0.717) is 12.6 Å². The van der Waals surface area contributed by atoms with Crippen molar-refractivity contribution < 1.29 is 13.2 Å². The minimum atomic E-state index is -3.21. The van der Waals surface area contributed by atoms with E-state index in [2.05, 4.69) is 79.2 Å². The number of aromatic nitrogens is 5. The van der Waals surface area contributed by atoms with Crippen molar-refractivity contribution in [2.45, 2.75) is 88.7 Å². The summed E-state index contributed by atoms with van der Waals surface area (Å²) in [5, 5.41) is 8.86. The van der Waals surface area contributed by atoms with Crippen LogP contribution in [-0.4, -0.2) is 58.5 Å². The van der Waals surface area contributed by atoms with Gasteiger partial charge in [-0.25, -0.2) is 18.1 Å². The van der Waals surface area contributed by atoms with Crippen LogP contribution < -0.4 is 4.72 Å². The van der Waals surface area contributed by atoms with Crippen LogP contribution in [0.5, 0.6) is 0 Å². The van der Waals surface area contributed by atoms with E-state index in [1.165, 1.54) is 0 Å². The van der Waals surface area contributed by atoms with E-state index in [1.54, 1.807) is 6.20 Å². The summed E-state index contributed by atoms with van der Waals surface area (Å²) in [6.07, 6.45) is 7.95. The summed E-state index contributed by atoms with van der Waals surface area (Å²) in [6, 6.07) is 1.08. The Morgan fingerprint density at radius 1 is 1.23 bits per heavy atom. The van der Waals surface area contributed by atoms with Gasteiger partial charge in [-0.2, -0.15) is 0 Å². The molecule has 0 amide bonds. The topological polar surface area (TPSA) is 103 Å². The summed E-state index contributed by atoms with van der Waals surface area (Å²) in [7, 11) is -4.36. The molecule has 2 aliphatic carbocycles. The van der Waals surface area contributed by atoms with Crippen LogP contribution in [0.4, 0.5) is 0 Å². The fourth-order valence-corrected chi connectivity index (χ4v) is 8.34. The third-order valence-corrected chi connectivity index (χ3v) is 11.8. The van der Waals surface area contributed by atoms with Gasteiger partial charge in [0.1, 0.15) is 18.1 Å². The third kappa shape index (κ3) is 5.31. The minimum Gasteiger partial charge on any atom is -0.361 e. The van der Waals surface area contributed by atoms with Crippen molar-refractivity contribution in [2.75, 3.05) is 6.61 Å². The number of hydrogen-bond donors (Lipinski definition) is 1. The Kier molecular flexibility index (Phi) is 7.05. The zero-order valence-electron chi connectivity index (χ0n) is 20.9. The van der Waals surface area contributed by atoms with Crippen molar-refractivity contribution in [2.24, 2.45) is 5.92 Å². The zero-order chi connectivity index (χ0) is 25.0. The number of hydrogen-bond acceptors (Lipinski definition) is 6. The molecule has 5 rings (SSSR count). The lowest BCUT2D eigenvalue weighted by atomic mass is 9.93. The molecule has 35 heavy (non-hydrogen) atoms. The van der Waals surface area contributed by atoms with Crippen molar-refractivity contribution in [1.29, 1.82) is 0 Å². The second kappa shape index (κ2) is 9.65. The SMILES string of the molecule is CC[C@@H]1C[C@H](NS(=O)(=O)C2CC2)C[C@@H]1c1nnc2cnc3c(c(I)cn3COCC[Si](C)(C)C)n12. The number of sulfonamides is 1. The van der Waals surface area contributed by atoms with Crippen LogP contribution in [-0.2, 0) is 21.5 Å². The number of rotatable bonds is 10. The van der Waals surface area contributed by atoms with Crippen molar-refractivity contribution >= 4 is 57.5 Å². The predicted molar refractivity (Wildman–Crippen MR) is 148 cm³/mol. The minimum absolute atomic E-state index is 0.0522. The van der Waals surface area contributed by atoms with Gasteiger partial charge < -0.3 is 9.30 Å². The molecule has 12 heteroatoms. The molecule has 1 N–H and O–H groups in total. The second-order valence-corrected chi connectivity index (χ2v) is 20.1. The smallest absolute Gasteiger partial charge is 0.214 e. The molecule has 3 atom stereocenters. The maximum atomic E-state index is 12.6. The molecule has 0 aliphatic heterocycles. The standard InChI is InChI=1S/C23H35IN6O3SSi/c1-5-15-10-16(28-34(31,32)17-6-7-17)11-18(15)22-27-26-20-12-25-23-21(30(20)22)19(24)13-29(23)14-33-8-9-35(2,3)4/h12-13,15-18,28H,5-11,14H2,1-4H3/t15-,16+,18+/m1/s1. The summed E-state index contributed by atoms with van der Waals surface area (Å²) >= 11 is 2.35. The van der Waals surface area contributed by atoms with Gasteiger partial charge in [-0.05, 0) is 60.2 Å². The highest BCUT2D eigenvalue weighted by Crippen LogP contribution is 2.42. The molecule has 0 aromatic carbocycles. The maximum Gasteiger partial charge on any atom is 0.214 e. The third-order valence-electron chi connectivity index (χ3n) is 7.29. The normalized spacial score (nSPS) is 23.6. The quantitative estimate of drug-likeness (QED) is 0.203. The van der Waals surface area contributed by atoms with Crippen molar-refractivity contribution in [1.82, 2.24) is 28.9 Å². The van der Waals surface area contributed by atoms with Crippen LogP contribution in [0.15, 0.2) is 12.4 Å². The van der Waals surface area contributed by atoms with Crippen molar-refractivity contribution in [3.8, 4) is 0 Å². The predicted octanol–water partition coefficient (Wildman–Crippen LogP) is 4.35. The molecule has 9 nitrogen and oxygen atoms in total. The highest BCUT2D eigenvalue weighted by Gasteiger charge is 2.42. The molecule has 0 spiro atoms. The van der Waals surface area contributed by atoms with Gasteiger partial charge in [0, 0.05) is 32.8 Å². The fraction of sp³-hybridized carbons (Fsp3) is 0.696. The molecule has 0 unspecified atom stereocenters. The van der Waals surface area contributed by atoms with Gasteiger partial charge >= 0.3 is 0 Å². The molecule has 3 heterocycles. The molecule has 3 aromatic heterocycles. The van der Waals surface area contributed by atoms with Crippen LogP contribution >= 0.6 is 22.6 Å². The van der Waals surface area contributed by atoms with E-state index in [4.69, 9.17) is 9.72 Å². The van der Waals surface area contributed by atoms with Gasteiger partial charge in [0.25, 0.3) is 0 Å². The fourth-order valence-electron chi connectivity index (χ4n) is 5.16. The number of halogens is 1. The monoisotopic (exact) mass is 630 g/mol. The molecule has 3 aromatic rings. The van der Waals surface area contributed by atoms with Gasteiger partial charge in [0.05, 0.1) is 15.0 Å². The van der Waals surface area contributed by atoms with Crippen LogP contribution in [0.25, 0.3) is 16.8 Å². The first-order chi connectivity index (χ1) is 16.6. The Labute approximate surface area is 221 Å². The molecular formula is C23H35IN6O3SSi. The largest absolute Gasteiger partial charge is 0.361 e. The molecular weight excluding hydrogens is 595 g/mol. The lowest BCUT2D eigenvalue weighted by molar-refractivity contribution is 0.0898. The van der Waals surface area contributed by atoms with Gasteiger partial charge in [0.2, 0.25) is 10.0 Å². The number of fused-ring (bicyclic) bond motifs is 3. The first kappa shape index (κ1) is 25.6. The molecule has 0 saturated heterocycles. The average Bonchev–Trinajstić information content (AvgIpc) is 3.35. The van der Waals surface area contributed by atoms with Gasteiger partial charge in [0.15, 0.2) is 11.3 Å². The van der Waals surface area contributed by atoms with E-state index in [1.807, 2.05) is 0 Å². The lowest BCUT2D eigenvalue weighted by Crippen LogP contribution is -2.35. The molecule has 2 aliphatic rings. The summed E-state index contributed by atoms with van der Waals surface area (Å²) in [4.78, 5) is 4.70. The molecule has 0 bridgehead atoms. The summed E-state index contributed by atoms with van der Waals surface area (Å²) in [6.45, 7) is 10.4. The first-order valence-corrected chi connectivity index (χ1v) is 18.9. The van der Waals surface area contributed by atoms with E-state index in [9.17, 15) is 8.42 Å². The zero-order valence-corrected chi connectivity index (χ0v) is 24.8. The maximum absolute atomic E-state index is 12.6. The Morgan fingerprint density at radius 2 is 2.00 bits per heavy atom. The Hall–Kier alpha value is -1.09. The summed E-state index contributed by atoms with van der Waals surface area (Å²) in [5.74, 6) is 1.39. The van der Waals surface area contributed by atoms with E-state index >= 15 is 0 Å². The Balaban J connectivity index is 1.43. The summed E-state index contributed by atoms with van der Waals surface area (Å²) < 4.78 is 39.4. The van der Waals surface area contributed by atoms with Crippen LogP contribution in [0.1, 0.15) is 50.8 Å². The Bertz CT molecular complexity index is 1330. The molecule has 2 fully saturated rings. The van der Waals surface area contributed by atoms with E-state index < -0.39 is 18.1 Å². The molecule has 192 valence electrons. The highest BCUT2D eigenvalue weighted by molar-refractivity contribution is 14.1. The van der Waals surface area contributed by atoms with Crippen molar-refractivity contribution in [3.63, 3.8) is 0 Å². The van der Waals surface area contributed by atoms with E-state index in [0.717, 1.165) is 71.0 Å². The van der Waals surface area contributed by atoms with Gasteiger partial charge in [-0.3, -0.25) is 4.40 Å². The van der Waals surface area contributed by atoms with E-state index in [-0.39, 0.29) is 17.2 Å². The van der Waals surface area contributed by atoms with Crippen LogP contribution in [0, 0.1) is 9.49 Å². The molecule has 0 radical (unpaired) electrons. The molecule has 2 saturated carbocycles. The average molecular weight is 631 g/mol. The second-order valence-electron chi connectivity index (χ2n) is 11.3. The summed E-state index contributed by atoms with van der Waals surface area (Å²) in [5.41, 5.74) is 2.57. The highest BCUT2D eigenvalue weighted by atomic mass is 127. The Morgan fingerprint density at radius 3 is 2.69 bits per heavy atom. The first-order valence-electron chi connectivity index (χ1n) is 12.5. The van der Waals surface area contributed by atoms with Gasteiger partial charge in [-0.1, -0.05) is 33.0 Å².